The highest BCUT2D eigenvalue weighted by Gasteiger charge is 2.03. The van der Waals surface area contributed by atoms with Crippen LogP contribution < -0.4 is 5.48 Å². The van der Waals surface area contributed by atoms with Gasteiger partial charge in [-0.15, -0.1) is 10.2 Å². The fourth-order valence-electron chi connectivity index (χ4n) is 0.946. The van der Waals surface area contributed by atoms with Gasteiger partial charge in [-0.3, -0.25) is 0 Å². The van der Waals surface area contributed by atoms with Gasteiger partial charge < -0.3 is 9.40 Å². The normalized spacial score (nSPS) is 11.2. The van der Waals surface area contributed by atoms with Crippen LogP contribution in [0.1, 0.15) is 25.5 Å². The molecular formula is C9H18N4O. The molecule has 5 nitrogen and oxygen atoms in total. The van der Waals surface area contributed by atoms with Crippen molar-refractivity contribution in [2.45, 2.75) is 27.3 Å². The molecule has 0 atom stereocenters. The summed E-state index contributed by atoms with van der Waals surface area (Å²) in [7, 11) is 1.94. The van der Waals surface area contributed by atoms with Crippen LogP contribution >= 0.6 is 0 Å². The molecule has 80 valence electrons. The lowest BCUT2D eigenvalue weighted by Crippen LogP contribution is -2.19. The lowest BCUT2D eigenvalue weighted by molar-refractivity contribution is 0.0179. The van der Waals surface area contributed by atoms with Gasteiger partial charge in [-0.2, -0.15) is 5.48 Å². The van der Waals surface area contributed by atoms with Crippen LogP contribution in [0.4, 0.5) is 0 Å². The lowest BCUT2D eigenvalue weighted by atomic mass is 10.2. The van der Waals surface area contributed by atoms with E-state index in [0.29, 0.717) is 19.1 Å². The van der Waals surface area contributed by atoms with E-state index in [0.717, 1.165) is 11.6 Å². The molecule has 1 rings (SSSR count). The van der Waals surface area contributed by atoms with Gasteiger partial charge in [0.1, 0.15) is 11.6 Å². The van der Waals surface area contributed by atoms with Crippen molar-refractivity contribution in [3.63, 3.8) is 0 Å². The maximum Gasteiger partial charge on any atom is 0.149 e. The predicted molar refractivity (Wildman–Crippen MR) is 53.4 cm³/mol. The van der Waals surface area contributed by atoms with Crippen molar-refractivity contribution in [1.82, 2.24) is 20.2 Å². The molecule has 0 saturated heterocycles. The van der Waals surface area contributed by atoms with Gasteiger partial charge in [0, 0.05) is 7.05 Å². The van der Waals surface area contributed by atoms with Crippen molar-refractivity contribution in [3.8, 4) is 0 Å². The fourth-order valence-corrected chi connectivity index (χ4v) is 0.946. The molecule has 1 aromatic heterocycles. The highest BCUT2D eigenvalue weighted by molar-refractivity contribution is 4.91. The van der Waals surface area contributed by atoms with Crippen LogP contribution in [0.3, 0.4) is 0 Å². The van der Waals surface area contributed by atoms with E-state index in [1.165, 1.54) is 0 Å². The maximum absolute atomic E-state index is 5.23. The van der Waals surface area contributed by atoms with Crippen molar-refractivity contribution >= 4 is 0 Å². The smallest absolute Gasteiger partial charge is 0.149 e. The van der Waals surface area contributed by atoms with Gasteiger partial charge in [0.05, 0.1) is 13.2 Å². The summed E-state index contributed by atoms with van der Waals surface area (Å²) in [6.07, 6.45) is 0. The second-order valence-electron chi connectivity index (χ2n) is 3.75. The number of rotatable bonds is 5. The minimum Gasteiger partial charge on any atom is -0.317 e. The van der Waals surface area contributed by atoms with E-state index >= 15 is 0 Å². The molecule has 1 N–H and O–H groups in total. The maximum atomic E-state index is 5.23. The Morgan fingerprint density at radius 2 is 2.14 bits per heavy atom. The van der Waals surface area contributed by atoms with Gasteiger partial charge in [-0.1, -0.05) is 13.8 Å². The second kappa shape index (κ2) is 5.07. The third-order valence-corrected chi connectivity index (χ3v) is 1.93. The van der Waals surface area contributed by atoms with Gasteiger partial charge in [0.2, 0.25) is 0 Å². The van der Waals surface area contributed by atoms with Gasteiger partial charge in [-0.25, -0.2) is 0 Å². The summed E-state index contributed by atoms with van der Waals surface area (Å²) in [5.41, 5.74) is 2.86. The fraction of sp³-hybridized carbons (Fsp3) is 0.778. The summed E-state index contributed by atoms with van der Waals surface area (Å²) >= 11 is 0. The summed E-state index contributed by atoms with van der Waals surface area (Å²) in [5, 5.41) is 7.95. The van der Waals surface area contributed by atoms with Crippen molar-refractivity contribution < 1.29 is 4.84 Å². The molecule has 0 aromatic carbocycles. The number of nitrogens with one attached hydrogen (secondary N) is 1. The van der Waals surface area contributed by atoms with Crippen LogP contribution in [-0.4, -0.2) is 21.4 Å². The first kappa shape index (κ1) is 11.1. The Morgan fingerprint density at radius 3 is 2.64 bits per heavy atom. The zero-order valence-electron chi connectivity index (χ0n) is 9.24. The Labute approximate surface area is 84.4 Å². The number of nitrogens with zero attached hydrogens (tertiary/aromatic N) is 3. The van der Waals surface area contributed by atoms with Crippen LogP contribution in [0.5, 0.6) is 0 Å². The Balaban J connectivity index is 2.28. The van der Waals surface area contributed by atoms with Gasteiger partial charge in [0.25, 0.3) is 0 Å². The average molecular weight is 198 g/mol. The molecule has 0 fully saturated rings. The van der Waals surface area contributed by atoms with E-state index in [4.69, 9.17) is 4.84 Å². The number of aryl methyl sites for hydroxylation is 1. The summed E-state index contributed by atoms with van der Waals surface area (Å²) in [6.45, 7) is 7.43. The zero-order chi connectivity index (χ0) is 10.6. The standard InChI is InChI=1S/C9H18N4O/c1-7(2)6-14-10-5-9-12-11-8(3)13(9)4/h7,10H,5-6H2,1-4H3. The first-order valence-electron chi connectivity index (χ1n) is 4.80. The van der Waals surface area contributed by atoms with Crippen molar-refractivity contribution in [2.24, 2.45) is 13.0 Å². The van der Waals surface area contributed by atoms with E-state index in [9.17, 15) is 0 Å². The highest BCUT2D eigenvalue weighted by Crippen LogP contribution is 1.97. The minimum atomic E-state index is 0.531. The van der Waals surface area contributed by atoms with E-state index in [1.54, 1.807) is 0 Å². The van der Waals surface area contributed by atoms with Gasteiger partial charge in [-0.05, 0) is 12.8 Å². The highest BCUT2D eigenvalue weighted by atomic mass is 16.6. The van der Waals surface area contributed by atoms with Gasteiger partial charge in [0.15, 0.2) is 0 Å². The van der Waals surface area contributed by atoms with Crippen LogP contribution in [-0.2, 0) is 18.4 Å². The third kappa shape index (κ3) is 3.08. The predicted octanol–water partition coefficient (Wildman–Crippen LogP) is 0.801. The summed E-state index contributed by atoms with van der Waals surface area (Å²) < 4.78 is 1.94. The van der Waals surface area contributed by atoms with Crippen LogP contribution in [0.25, 0.3) is 0 Å². The monoisotopic (exact) mass is 198 g/mol. The molecule has 0 aliphatic carbocycles. The SMILES string of the molecule is Cc1nnc(CNOCC(C)C)n1C. The molecule has 0 saturated carbocycles. The minimum absolute atomic E-state index is 0.531. The summed E-state index contributed by atoms with van der Waals surface area (Å²) in [4.78, 5) is 5.23. The molecule has 5 heteroatoms. The van der Waals surface area contributed by atoms with E-state index in [-0.39, 0.29) is 0 Å². The third-order valence-electron chi connectivity index (χ3n) is 1.93. The van der Waals surface area contributed by atoms with Crippen LogP contribution in [0.2, 0.25) is 0 Å². The molecule has 1 heterocycles. The Bertz CT molecular complexity index is 282. The Hall–Kier alpha value is -0.940. The molecular weight excluding hydrogens is 180 g/mol. The molecule has 0 aliphatic heterocycles. The summed E-state index contributed by atoms with van der Waals surface area (Å²) in [6, 6.07) is 0. The van der Waals surface area contributed by atoms with E-state index < -0.39 is 0 Å². The van der Waals surface area contributed by atoms with Crippen molar-refractivity contribution in [3.05, 3.63) is 11.6 Å². The molecule has 0 amide bonds. The zero-order valence-corrected chi connectivity index (χ0v) is 9.24. The Morgan fingerprint density at radius 1 is 1.43 bits per heavy atom. The van der Waals surface area contributed by atoms with Gasteiger partial charge >= 0.3 is 0 Å². The van der Waals surface area contributed by atoms with Crippen LogP contribution in [0.15, 0.2) is 0 Å². The number of hydroxylamine groups is 1. The lowest BCUT2D eigenvalue weighted by Gasteiger charge is -2.07. The van der Waals surface area contributed by atoms with Crippen molar-refractivity contribution in [1.29, 1.82) is 0 Å². The molecule has 0 radical (unpaired) electrons. The molecule has 0 aliphatic rings. The average Bonchev–Trinajstić information content (AvgIpc) is 2.43. The molecule has 0 unspecified atom stereocenters. The number of hydrogen-bond acceptors (Lipinski definition) is 4. The topological polar surface area (TPSA) is 52.0 Å². The Kier molecular flexibility index (Phi) is 4.03. The number of aromatic nitrogens is 3. The second-order valence-corrected chi connectivity index (χ2v) is 3.75. The van der Waals surface area contributed by atoms with Crippen molar-refractivity contribution in [2.75, 3.05) is 6.61 Å². The summed E-state index contributed by atoms with van der Waals surface area (Å²) in [5.74, 6) is 2.32. The quantitative estimate of drug-likeness (QED) is 0.561. The van der Waals surface area contributed by atoms with Crippen LogP contribution in [0, 0.1) is 12.8 Å². The van der Waals surface area contributed by atoms with E-state index in [2.05, 4.69) is 29.5 Å². The van der Waals surface area contributed by atoms with E-state index in [1.807, 2.05) is 18.5 Å². The molecule has 1 aromatic rings. The molecule has 14 heavy (non-hydrogen) atoms. The molecule has 0 bridgehead atoms. The molecule has 0 spiro atoms. The largest absolute Gasteiger partial charge is 0.317 e. The first-order chi connectivity index (χ1) is 6.61. The number of hydrogen-bond donors (Lipinski definition) is 1. The first-order valence-corrected chi connectivity index (χ1v) is 4.80.